The number of carbonyl (C=O) groups is 3. The van der Waals surface area contributed by atoms with Gasteiger partial charge in [-0.2, -0.15) is 0 Å². The topological polar surface area (TPSA) is 81.7 Å². The van der Waals surface area contributed by atoms with Gasteiger partial charge in [-0.05, 0) is 44.9 Å². The van der Waals surface area contributed by atoms with Gasteiger partial charge in [0.1, 0.15) is 10.8 Å². The summed E-state index contributed by atoms with van der Waals surface area (Å²) in [6, 6.07) is 9.03. The molecule has 1 atom stereocenters. The van der Waals surface area contributed by atoms with Crippen LogP contribution in [0.3, 0.4) is 0 Å². The lowest BCUT2D eigenvalue weighted by Gasteiger charge is -2.17. The summed E-state index contributed by atoms with van der Waals surface area (Å²) >= 11 is 1.07. The number of nitrogens with one attached hydrogen (secondary N) is 1. The summed E-state index contributed by atoms with van der Waals surface area (Å²) in [6.45, 7) is 6.83. The number of anilines is 1. The molecule has 0 aliphatic carbocycles. The SMILES string of the molecule is CCOC(=O)c1c(NC(=O)[C@H](CC)Oc2ccccc2)sc(C(C)=O)c1C. The van der Waals surface area contributed by atoms with Crippen molar-refractivity contribution in [2.45, 2.75) is 40.2 Å². The first kappa shape index (κ1) is 20.6. The fraction of sp³-hybridized carbons (Fsp3) is 0.350. The second kappa shape index (κ2) is 9.32. The van der Waals surface area contributed by atoms with Crippen LogP contribution in [0.15, 0.2) is 30.3 Å². The molecule has 0 saturated heterocycles. The first-order valence-electron chi connectivity index (χ1n) is 8.73. The minimum absolute atomic E-state index is 0.170. The second-order valence-electron chi connectivity index (χ2n) is 5.85. The van der Waals surface area contributed by atoms with E-state index in [0.717, 1.165) is 11.3 Å². The summed E-state index contributed by atoms with van der Waals surface area (Å²) < 4.78 is 10.8. The number of rotatable bonds is 8. The molecule has 6 nitrogen and oxygen atoms in total. The summed E-state index contributed by atoms with van der Waals surface area (Å²) in [5.74, 6) is -0.539. The van der Waals surface area contributed by atoms with Crippen LogP contribution in [0.5, 0.6) is 5.75 Å². The molecule has 1 amide bonds. The molecule has 7 heteroatoms. The summed E-state index contributed by atoms with van der Waals surface area (Å²) in [5.41, 5.74) is 0.730. The molecule has 0 unspecified atom stereocenters. The third-order valence-corrected chi connectivity index (χ3v) is 5.18. The van der Waals surface area contributed by atoms with E-state index in [-0.39, 0.29) is 23.9 Å². The number of esters is 1. The van der Waals surface area contributed by atoms with Crippen LogP contribution in [0.2, 0.25) is 0 Å². The average Bonchev–Trinajstić information content (AvgIpc) is 2.97. The molecule has 0 spiro atoms. The zero-order valence-electron chi connectivity index (χ0n) is 15.8. The van der Waals surface area contributed by atoms with Crippen molar-refractivity contribution in [2.75, 3.05) is 11.9 Å². The number of ether oxygens (including phenoxy) is 2. The maximum atomic E-state index is 12.7. The number of carbonyl (C=O) groups excluding carboxylic acids is 3. The molecule has 0 fully saturated rings. The molecule has 0 aliphatic heterocycles. The van der Waals surface area contributed by atoms with Crippen molar-refractivity contribution in [2.24, 2.45) is 0 Å². The van der Waals surface area contributed by atoms with Crippen LogP contribution in [-0.4, -0.2) is 30.4 Å². The number of benzene rings is 1. The molecule has 2 rings (SSSR count). The molecule has 0 bridgehead atoms. The summed E-state index contributed by atoms with van der Waals surface area (Å²) in [5, 5.41) is 3.04. The fourth-order valence-electron chi connectivity index (χ4n) is 2.56. The van der Waals surface area contributed by atoms with Crippen molar-refractivity contribution in [3.63, 3.8) is 0 Å². The fourth-order valence-corrected chi connectivity index (χ4v) is 3.66. The van der Waals surface area contributed by atoms with Crippen molar-refractivity contribution in [1.29, 1.82) is 0 Å². The summed E-state index contributed by atoms with van der Waals surface area (Å²) in [4.78, 5) is 37.3. The van der Waals surface area contributed by atoms with E-state index in [4.69, 9.17) is 9.47 Å². The predicted molar refractivity (Wildman–Crippen MR) is 105 cm³/mol. The van der Waals surface area contributed by atoms with E-state index in [1.54, 1.807) is 26.0 Å². The molecule has 1 aromatic carbocycles. The molecule has 0 saturated carbocycles. The van der Waals surface area contributed by atoms with Gasteiger partial charge in [0.25, 0.3) is 5.91 Å². The van der Waals surface area contributed by atoms with E-state index in [0.29, 0.717) is 27.6 Å². The van der Waals surface area contributed by atoms with Crippen LogP contribution in [0.25, 0.3) is 0 Å². The van der Waals surface area contributed by atoms with Gasteiger partial charge >= 0.3 is 5.97 Å². The standard InChI is InChI=1S/C20H23NO5S/c1-5-15(26-14-10-8-7-9-11-14)18(23)21-19-16(20(24)25-6-2)12(3)17(27-19)13(4)22/h7-11,15H,5-6H2,1-4H3,(H,21,23)/t15-/m0/s1. The van der Waals surface area contributed by atoms with E-state index >= 15 is 0 Å². The molecule has 0 aliphatic rings. The minimum atomic E-state index is -0.731. The zero-order valence-corrected chi connectivity index (χ0v) is 16.6. The van der Waals surface area contributed by atoms with Gasteiger partial charge in [-0.15, -0.1) is 11.3 Å². The Morgan fingerprint density at radius 3 is 2.37 bits per heavy atom. The number of thiophene rings is 1. The van der Waals surface area contributed by atoms with Crippen molar-refractivity contribution in [3.05, 3.63) is 46.3 Å². The molecule has 27 heavy (non-hydrogen) atoms. The first-order valence-corrected chi connectivity index (χ1v) is 9.54. The normalized spacial score (nSPS) is 11.6. The molecule has 2 aromatic rings. The summed E-state index contributed by atoms with van der Waals surface area (Å²) in [6.07, 6.45) is -0.287. The molecule has 144 valence electrons. The Bertz CT molecular complexity index is 828. The van der Waals surface area contributed by atoms with Crippen LogP contribution >= 0.6 is 11.3 Å². The lowest BCUT2D eigenvalue weighted by Crippen LogP contribution is -2.32. The molecule has 1 aromatic heterocycles. The number of ketones is 1. The average molecular weight is 389 g/mol. The van der Waals surface area contributed by atoms with Crippen molar-refractivity contribution in [3.8, 4) is 5.75 Å². The third-order valence-electron chi connectivity index (χ3n) is 3.87. The van der Waals surface area contributed by atoms with Crippen LogP contribution in [-0.2, 0) is 9.53 Å². The van der Waals surface area contributed by atoms with Crippen LogP contribution in [0.1, 0.15) is 52.8 Å². The van der Waals surface area contributed by atoms with E-state index in [9.17, 15) is 14.4 Å². The molecular formula is C20H23NO5S. The smallest absolute Gasteiger partial charge is 0.341 e. The summed E-state index contributed by atoms with van der Waals surface area (Å²) in [7, 11) is 0. The number of hydrogen-bond donors (Lipinski definition) is 1. The van der Waals surface area contributed by atoms with Gasteiger partial charge in [-0.1, -0.05) is 25.1 Å². The quantitative estimate of drug-likeness (QED) is 0.540. The molecule has 0 radical (unpaired) electrons. The van der Waals surface area contributed by atoms with Gasteiger partial charge in [-0.3, -0.25) is 9.59 Å². The largest absolute Gasteiger partial charge is 0.481 e. The zero-order chi connectivity index (χ0) is 20.0. The van der Waals surface area contributed by atoms with Crippen molar-refractivity contribution >= 4 is 34.0 Å². The Kier molecular flexibility index (Phi) is 7.12. The van der Waals surface area contributed by atoms with Crippen LogP contribution in [0, 0.1) is 6.92 Å². The Morgan fingerprint density at radius 2 is 1.81 bits per heavy atom. The van der Waals surface area contributed by atoms with Crippen molar-refractivity contribution < 1.29 is 23.9 Å². The van der Waals surface area contributed by atoms with E-state index in [1.165, 1.54) is 6.92 Å². The lowest BCUT2D eigenvalue weighted by atomic mass is 10.1. The van der Waals surface area contributed by atoms with Gasteiger partial charge in [0.15, 0.2) is 11.9 Å². The van der Waals surface area contributed by atoms with Crippen LogP contribution < -0.4 is 10.1 Å². The predicted octanol–water partition coefficient (Wildman–Crippen LogP) is 4.23. The van der Waals surface area contributed by atoms with Gasteiger partial charge < -0.3 is 14.8 Å². The Hall–Kier alpha value is -2.67. The Labute approximate surface area is 162 Å². The maximum Gasteiger partial charge on any atom is 0.341 e. The van der Waals surface area contributed by atoms with Gasteiger partial charge in [0.2, 0.25) is 0 Å². The minimum Gasteiger partial charge on any atom is -0.481 e. The highest BCUT2D eigenvalue weighted by Crippen LogP contribution is 2.34. The molecule has 1 N–H and O–H groups in total. The van der Waals surface area contributed by atoms with Crippen molar-refractivity contribution in [1.82, 2.24) is 0 Å². The van der Waals surface area contributed by atoms with Gasteiger partial charge in [0, 0.05) is 0 Å². The van der Waals surface area contributed by atoms with Gasteiger partial charge in [-0.25, -0.2) is 4.79 Å². The third kappa shape index (κ3) is 4.95. The van der Waals surface area contributed by atoms with E-state index < -0.39 is 12.1 Å². The number of hydrogen-bond acceptors (Lipinski definition) is 6. The second-order valence-corrected chi connectivity index (χ2v) is 6.87. The van der Waals surface area contributed by atoms with Gasteiger partial charge in [0.05, 0.1) is 17.0 Å². The maximum absolute atomic E-state index is 12.7. The molecular weight excluding hydrogens is 366 g/mol. The Morgan fingerprint density at radius 1 is 1.15 bits per heavy atom. The van der Waals surface area contributed by atoms with E-state index in [1.807, 2.05) is 25.1 Å². The lowest BCUT2D eigenvalue weighted by molar-refractivity contribution is -0.122. The number of para-hydroxylation sites is 1. The first-order chi connectivity index (χ1) is 12.9. The number of amides is 1. The monoisotopic (exact) mass is 389 g/mol. The Balaban J connectivity index is 2.28. The highest BCUT2D eigenvalue weighted by molar-refractivity contribution is 7.18. The van der Waals surface area contributed by atoms with Crippen LogP contribution in [0.4, 0.5) is 5.00 Å². The highest BCUT2D eigenvalue weighted by atomic mass is 32.1. The van der Waals surface area contributed by atoms with E-state index in [2.05, 4.69) is 5.32 Å². The molecule has 1 heterocycles. The highest BCUT2D eigenvalue weighted by Gasteiger charge is 2.27. The number of Topliss-reactive ketones (excluding diaryl/α,β-unsaturated/α-hetero) is 1.